The molecule has 0 aromatic carbocycles. The second kappa shape index (κ2) is 5.14. The molecular formula is C14H16N2O3. The molecule has 2 aromatic rings. The molecule has 2 heterocycles. The Morgan fingerprint density at radius 1 is 1.42 bits per heavy atom. The number of aromatic carboxylic acids is 1. The summed E-state index contributed by atoms with van der Waals surface area (Å²) in [4.78, 5) is 14.6. The number of furan rings is 1. The van der Waals surface area contributed by atoms with Crippen LogP contribution < -0.4 is 5.32 Å². The van der Waals surface area contributed by atoms with Crippen molar-refractivity contribution in [2.45, 2.75) is 26.8 Å². The first-order valence-corrected chi connectivity index (χ1v) is 6.00. The van der Waals surface area contributed by atoms with E-state index in [0.29, 0.717) is 0 Å². The zero-order valence-electron chi connectivity index (χ0n) is 11.1. The van der Waals surface area contributed by atoms with Gasteiger partial charge in [0.25, 0.3) is 0 Å². The van der Waals surface area contributed by atoms with Crippen molar-refractivity contribution < 1.29 is 14.3 Å². The molecule has 1 atom stereocenters. The monoisotopic (exact) mass is 260 g/mol. The van der Waals surface area contributed by atoms with E-state index in [0.717, 1.165) is 22.8 Å². The van der Waals surface area contributed by atoms with Gasteiger partial charge in [-0.3, -0.25) is 0 Å². The highest BCUT2D eigenvalue weighted by molar-refractivity contribution is 5.86. The first-order valence-electron chi connectivity index (χ1n) is 6.00. The van der Waals surface area contributed by atoms with Gasteiger partial charge in [-0.1, -0.05) is 0 Å². The van der Waals surface area contributed by atoms with Crippen molar-refractivity contribution in [2.75, 3.05) is 5.32 Å². The third kappa shape index (κ3) is 2.93. The Balaban J connectivity index is 2.19. The minimum Gasteiger partial charge on any atom is -0.477 e. The summed E-state index contributed by atoms with van der Waals surface area (Å²) in [6.45, 7) is 5.81. The summed E-state index contributed by atoms with van der Waals surface area (Å²) in [7, 11) is 0. The van der Waals surface area contributed by atoms with Gasteiger partial charge in [-0.2, -0.15) is 0 Å². The Morgan fingerprint density at radius 3 is 2.74 bits per heavy atom. The van der Waals surface area contributed by atoms with E-state index in [-0.39, 0.29) is 11.7 Å². The fraction of sp³-hybridized carbons (Fsp3) is 0.286. The molecule has 100 valence electrons. The maximum absolute atomic E-state index is 10.9. The lowest BCUT2D eigenvalue weighted by Gasteiger charge is -2.14. The number of aryl methyl sites for hydroxylation is 2. The number of carbonyl (C=O) groups is 1. The average Bonchev–Trinajstić information content (AvgIpc) is 2.69. The van der Waals surface area contributed by atoms with Gasteiger partial charge in [0.15, 0.2) is 0 Å². The molecule has 5 nitrogen and oxygen atoms in total. The van der Waals surface area contributed by atoms with E-state index in [2.05, 4.69) is 10.3 Å². The molecule has 0 fully saturated rings. The Bertz CT molecular complexity index is 604. The number of nitrogens with one attached hydrogen (secondary N) is 1. The van der Waals surface area contributed by atoms with Gasteiger partial charge in [-0.15, -0.1) is 0 Å². The van der Waals surface area contributed by atoms with Crippen molar-refractivity contribution in [1.82, 2.24) is 4.98 Å². The minimum atomic E-state index is -1.04. The molecule has 19 heavy (non-hydrogen) atoms. The first-order chi connectivity index (χ1) is 8.97. The first kappa shape index (κ1) is 13.1. The summed E-state index contributed by atoms with van der Waals surface area (Å²) in [6.07, 6.45) is 1.48. The van der Waals surface area contributed by atoms with Gasteiger partial charge < -0.3 is 14.8 Å². The Hall–Kier alpha value is -2.30. The largest absolute Gasteiger partial charge is 0.477 e. The van der Waals surface area contributed by atoms with Crippen LogP contribution in [-0.4, -0.2) is 16.1 Å². The van der Waals surface area contributed by atoms with Crippen LogP contribution in [0.2, 0.25) is 0 Å². The summed E-state index contributed by atoms with van der Waals surface area (Å²) < 4.78 is 5.49. The Labute approximate surface area is 111 Å². The number of hydrogen-bond donors (Lipinski definition) is 2. The molecule has 0 spiro atoms. The van der Waals surface area contributed by atoms with Gasteiger partial charge in [0, 0.05) is 17.4 Å². The summed E-state index contributed by atoms with van der Waals surface area (Å²) in [5, 5.41) is 12.1. The van der Waals surface area contributed by atoms with Gasteiger partial charge in [0.1, 0.15) is 17.2 Å². The van der Waals surface area contributed by atoms with Gasteiger partial charge in [0.05, 0.1) is 6.04 Å². The van der Waals surface area contributed by atoms with Gasteiger partial charge >= 0.3 is 5.97 Å². The topological polar surface area (TPSA) is 75.4 Å². The lowest BCUT2D eigenvalue weighted by molar-refractivity contribution is 0.0690. The van der Waals surface area contributed by atoms with Crippen LogP contribution in [0.15, 0.2) is 28.8 Å². The summed E-state index contributed by atoms with van der Waals surface area (Å²) in [5.74, 6) is 0.693. The highest BCUT2D eigenvalue weighted by Crippen LogP contribution is 2.24. The van der Waals surface area contributed by atoms with E-state index < -0.39 is 5.97 Å². The second-order valence-corrected chi connectivity index (χ2v) is 4.47. The van der Waals surface area contributed by atoms with Crippen molar-refractivity contribution in [2.24, 2.45) is 0 Å². The number of rotatable bonds is 4. The maximum atomic E-state index is 10.9. The summed E-state index contributed by atoms with van der Waals surface area (Å²) in [5.41, 5.74) is 1.81. The van der Waals surface area contributed by atoms with E-state index in [4.69, 9.17) is 9.52 Å². The van der Waals surface area contributed by atoms with Crippen molar-refractivity contribution >= 4 is 11.7 Å². The smallest absolute Gasteiger partial charge is 0.354 e. The lowest BCUT2D eigenvalue weighted by Crippen LogP contribution is -2.08. The quantitative estimate of drug-likeness (QED) is 0.883. The molecule has 0 aliphatic carbocycles. The molecule has 5 heteroatoms. The lowest BCUT2D eigenvalue weighted by atomic mass is 10.1. The van der Waals surface area contributed by atoms with E-state index in [1.807, 2.05) is 26.8 Å². The molecule has 2 aromatic heterocycles. The predicted octanol–water partition coefficient (Wildman–Crippen LogP) is 3.16. The SMILES string of the molecule is Cc1cc(C(C)Nc2ccnc(C(=O)O)c2)c(C)o1. The zero-order valence-corrected chi connectivity index (χ0v) is 11.1. The van der Waals surface area contributed by atoms with Crippen LogP contribution >= 0.6 is 0 Å². The maximum Gasteiger partial charge on any atom is 0.354 e. The van der Waals surface area contributed by atoms with Crippen LogP contribution in [0.5, 0.6) is 0 Å². The van der Waals surface area contributed by atoms with Crippen molar-refractivity contribution in [3.63, 3.8) is 0 Å². The highest BCUT2D eigenvalue weighted by Gasteiger charge is 2.13. The summed E-state index contributed by atoms with van der Waals surface area (Å²) >= 11 is 0. The normalized spacial score (nSPS) is 12.2. The number of anilines is 1. The van der Waals surface area contributed by atoms with Crippen molar-refractivity contribution in [1.29, 1.82) is 0 Å². The molecular weight excluding hydrogens is 244 g/mol. The molecule has 0 radical (unpaired) electrons. The van der Waals surface area contributed by atoms with Crippen LogP contribution in [0.25, 0.3) is 0 Å². The second-order valence-electron chi connectivity index (χ2n) is 4.47. The third-order valence-corrected chi connectivity index (χ3v) is 2.91. The van der Waals surface area contributed by atoms with Gasteiger partial charge in [0.2, 0.25) is 0 Å². The zero-order chi connectivity index (χ0) is 14.0. The predicted molar refractivity (Wildman–Crippen MR) is 71.4 cm³/mol. The van der Waals surface area contributed by atoms with Crippen molar-refractivity contribution in [3.8, 4) is 0 Å². The van der Waals surface area contributed by atoms with Crippen molar-refractivity contribution in [3.05, 3.63) is 47.2 Å². The molecule has 0 aliphatic rings. The van der Waals surface area contributed by atoms with Crippen LogP contribution in [0.4, 0.5) is 5.69 Å². The number of carboxylic acids is 1. The van der Waals surface area contributed by atoms with Crippen LogP contribution in [-0.2, 0) is 0 Å². The Kier molecular flexibility index (Phi) is 3.55. The molecule has 0 amide bonds. The van der Waals surface area contributed by atoms with E-state index in [9.17, 15) is 4.79 Å². The van der Waals surface area contributed by atoms with E-state index in [1.165, 1.54) is 12.3 Å². The standard InChI is InChI=1S/C14H16N2O3/c1-8-6-12(10(3)19-8)9(2)16-11-4-5-15-13(7-11)14(17)18/h4-7,9H,1-3H3,(H,15,16)(H,17,18). The number of carboxylic acid groups (broad SMARTS) is 1. The fourth-order valence-corrected chi connectivity index (χ4v) is 2.05. The number of aromatic nitrogens is 1. The van der Waals surface area contributed by atoms with Gasteiger partial charge in [-0.25, -0.2) is 9.78 Å². The van der Waals surface area contributed by atoms with Gasteiger partial charge in [-0.05, 0) is 39.0 Å². The molecule has 0 saturated carbocycles. The average molecular weight is 260 g/mol. The fourth-order valence-electron chi connectivity index (χ4n) is 2.05. The van der Waals surface area contributed by atoms with Crippen LogP contribution in [0, 0.1) is 13.8 Å². The molecule has 0 aliphatic heterocycles. The number of hydrogen-bond acceptors (Lipinski definition) is 4. The Morgan fingerprint density at radius 2 is 2.16 bits per heavy atom. The van der Waals surface area contributed by atoms with E-state index >= 15 is 0 Å². The number of pyridine rings is 1. The molecule has 0 saturated heterocycles. The molecule has 2 rings (SSSR count). The molecule has 0 bridgehead atoms. The molecule has 2 N–H and O–H groups in total. The van der Waals surface area contributed by atoms with Crippen LogP contribution in [0.3, 0.4) is 0 Å². The van der Waals surface area contributed by atoms with E-state index in [1.54, 1.807) is 6.07 Å². The molecule has 1 unspecified atom stereocenters. The third-order valence-electron chi connectivity index (χ3n) is 2.91. The summed E-state index contributed by atoms with van der Waals surface area (Å²) in [6, 6.07) is 5.26. The highest BCUT2D eigenvalue weighted by atomic mass is 16.4. The van der Waals surface area contributed by atoms with Crippen LogP contribution in [0.1, 0.15) is 40.5 Å². The number of nitrogens with zero attached hydrogens (tertiary/aromatic N) is 1. The minimum absolute atomic E-state index is 0.0253.